The van der Waals surface area contributed by atoms with Gasteiger partial charge in [0.15, 0.2) is 0 Å². The smallest absolute Gasteiger partial charge is 0.203 e. The lowest BCUT2D eigenvalue weighted by Crippen LogP contribution is -1.79. The molecule has 2 nitrogen and oxygen atoms in total. The van der Waals surface area contributed by atoms with E-state index >= 15 is 0 Å². The first-order valence-electron chi connectivity index (χ1n) is 4.00. The summed E-state index contributed by atoms with van der Waals surface area (Å²) >= 11 is 5.40. The Labute approximate surface area is 104 Å². The van der Waals surface area contributed by atoms with Gasteiger partial charge >= 0.3 is 0 Å². The molecule has 1 heterocycles. The molecule has 2 aromatic rings. The Bertz CT molecular complexity index is 402. The van der Waals surface area contributed by atoms with Crippen LogP contribution in [0.15, 0.2) is 35.2 Å². The van der Waals surface area contributed by atoms with E-state index in [4.69, 9.17) is 0 Å². The number of hydrogen-bond acceptors (Lipinski definition) is 4. The minimum absolute atomic E-state index is 0.844. The van der Waals surface area contributed by atoms with Gasteiger partial charge in [-0.15, -0.1) is 11.8 Å². The van der Waals surface area contributed by atoms with Crippen molar-refractivity contribution < 1.29 is 0 Å². The lowest BCUT2D eigenvalue weighted by atomic mass is 10.4. The fourth-order valence-electron chi connectivity index (χ4n) is 0.954. The van der Waals surface area contributed by atoms with Gasteiger partial charge in [0, 0.05) is 27.5 Å². The Morgan fingerprint density at radius 1 is 1.29 bits per heavy atom. The van der Waals surface area contributed by atoms with Crippen molar-refractivity contribution in [3.8, 4) is 0 Å². The average Bonchev–Trinajstić information content (AvgIpc) is 2.63. The summed E-state index contributed by atoms with van der Waals surface area (Å²) in [4.78, 5) is 5.57. The molecule has 14 heavy (non-hydrogen) atoms. The first-order chi connectivity index (χ1) is 6.84. The monoisotopic (exact) mass is 334 g/mol. The lowest BCUT2D eigenvalue weighted by molar-refractivity contribution is 1.18. The van der Waals surface area contributed by atoms with E-state index in [1.54, 1.807) is 11.8 Å². The van der Waals surface area contributed by atoms with Crippen molar-refractivity contribution in [1.82, 2.24) is 9.36 Å². The molecule has 5 heteroatoms. The Morgan fingerprint density at radius 3 is 2.71 bits per heavy atom. The van der Waals surface area contributed by atoms with E-state index < -0.39 is 0 Å². The summed E-state index contributed by atoms with van der Waals surface area (Å²) in [5.74, 6) is 0.907. The fraction of sp³-hybridized carbons (Fsp3) is 0.111. The van der Waals surface area contributed by atoms with Crippen molar-refractivity contribution in [1.29, 1.82) is 0 Å². The summed E-state index contributed by atoms with van der Waals surface area (Å²) in [6.07, 6.45) is 0. The van der Waals surface area contributed by atoms with Crippen LogP contribution in [0.4, 0.5) is 0 Å². The molecule has 0 bridgehead atoms. The molecule has 1 aromatic heterocycles. The maximum absolute atomic E-state index is 4.30. The minimum atomic E-state index is 0.844. The first-order valence-corrected chi connectivity index (χ1v) is 6.84. The largest absolute Gasteiger partial charge is 0.214 e. The molecule has 0 spiro atoms. The van der Waals surface area contributed by atoms with Crippen molar-refractivity contribution in [2.75, 3.05) is 0 Å². The van der Waals surface area contributed by atoms with E-state index in [1.165, 1.54) is 16.4 Å². The van der Waals surface area contributed by atoms with Crippen LogP contribution in [0.1, 0.15) is 5.01 Å². The van der Waals surface area contributed by atoms with Gasteiger partial charge in [0.05, 0.1) is 5.75 Å². The van der Waals surface area contributed by atoms with Crippen molar-refractivity contribution in [2.24, 2.45) is 0 Å². The SMILES string of the molecule is Ic1nsc(CSc2ccccc2)n1. The summed E-state index contributed by atoms with van der Waals surface area (Å²) in [5, 5.41) is 1.09. The number of thioether (sulfide) groups is 1. The number of aromatic nitrogens is 2. The van der Waals surface area contributed by atoms with Crippen LogP contribution < -0.4 is 0 Å². The van der Waals surface area contributed by atoms with Crippen molar-refractivity contribution >= 4 is 45.9 Å². The molecular weight excluding hydrogens is 327 g/mol. The molecule has 0 radical (unpaired) electrons. The maximum atomic E-state index is 4.30. The maximum Gasteiger partial charge on any atom is 0.203 e. The summed E-state index contributed by atoms with van der Waals surface area (Å²) in [6, 6.07) is 10.3. The van der Waals surface area contributed by atoms with Gasteiger partial charge in [-0.2, -0.15) is 4.37 Å². The molecule has 0 saturated carbocycles. The van der Waals surface area contributed by atoms with Crippen LogP contribution in [-0.2, 0) is 5.75 Å². The zero-order valence-electron chi connectivity index (χ0n) is 7.18. The zero-order chi connectivity index (χ0) is 9.80. The Kier molecular flexibility index (Phi) is 3.77. The topological polar surface area (TPSA) is 25.8 Å². The highest BCUT2D eigenvalue weighted by Crippen LogP contribution is 2.23. The predicted octanol–water partition coefficient (Wildman–Crippen LogP) is 3.44. The van der Waals surface area contributed by atoms with Gasteiger partial charge in [-0.05, 0) is 23.7 Å². The van der Waals surface area contributed by atoms with Crippen LogP contribution in [0.25, 0.3) is 0 Å². The number of benzene rings is 1. The van der Waals surface area contributed by atoms with E-state index in [9.17, 15) is 0 Å². The standard InChI is InChI=1S/C9H7IN2S2/c10-9-11-8(14-12-9)6-13-7-4-2-1-3-5-7/h1-5H,6H2. The van der Waals surface area contributed by atoms with Crippen LogP contribution in [0.2, 0.25) is 0 Å². The minimum Gasteiger partial charge on any atom is -0.214 e. The second kappa shape index (κ2) is 5.09. The highest BCUT2D eigenvalue weighted by Gasteiger charge is 2.01. The molecule has 0 aliphatic rings. The van der Waals surface area contributed by atoms with Crippen molar-refractivity contribution in [3.05, 3.63) is 39.2 Å². The first kappa shape index (κ1) is 10.4. The molecule has 0 N–H and O–H groups in total. The molecule has 0 aliphatic heterocycles. The quantitative estimate of drug-likeness (QED) is 0.635. The lowest BCUT2D eigenvalue weighted by Gasteiger charge is -1.96. The molecule has 0 amide bonds. The van der Waals surface area contributed by atoms with Gasteiger partial charge < -0.3 is 0 Å². The van der Waals surface area contributed by atoms with Crippen LogP contribution in [0.3, 0.4) is 0 Å². The van der Waals surface area contributed by atoms with Gasteiger partial charge in [0.25, 0.3) is 0 Å². The third-order valence-corrected chi connectivity index (χ3v) is 4.28. The molecule has 0 unspecified atom stereocenters. The normalized spacial score (nSPS) is 10.4. The molecule has 0 atom stereocenters. The van der Waals surface area contributed by atoms with Gasteiger partial charge in [-0.1, -0.05) is 18.2 Å². The molecule has 2 rings (SSSR count). The number of nitrogens with zero attached hydrogens (tertiary/aromatic N) is 2. The van der Waals surface area contributed by atoms with Crippen molar-refractivity contribution in [3.63, 3.8) is 0 Å². The average molecular weight is 334 g/mol. The van der Waals surface area contributed by atoms with Gasteiger partial charge in [0.2, 0.25) is 3.83 Å². The third-order valence-electron chi connectivity index (χ3n) is 1.55. The summed E-state index contributed by atoms with van der Waals surface area (Å²) < 4.78 is 4.98. The van der Waals surface area contributed by atoms with Gasteiger partial charge in [-0.3, -0.25) is 0 Å². The number of hydrogen-bond donors (Lipinski definition) is 0. The molecule has 0 aliphatic carbocycles. The molecule has 0 fully saturated rings. The number of rotatable bonds is 3. The van der Waals surface area contributed by atoms with Gasteiger partial charge in [0.1, 0.15) is 5.01 Å². The van der Waals surface area contributed by atoms with E-state index in [2.05, 4.69) is 44.1 Å². The third kappa shape index (κ3) is 2.93. The van der Waals surface area contributed by atoms with Crippen LogP contribution in [0, 0.1) is 3.83 Å². The van der Waals surface area contributed by atoms with E-state index in [1.807, 2.05) is 18.2 Å². The van der Waals surface area contributed by atoms with Gasteiger partial charge in [-0.25, -0.2) is 4.98 Å². The second-order valence-corrected chi connectivity index (χ2v) is 5.41. The zero-order valence-corrected chi connectivity index (χ0v) is 11.0. The van der Waals surface area contributed by atoms with Crippen molar-refractivity contribution in [2.45, 2.75) is 10.6 Å². The molecular formula is C9H7IN2S2. The summed E-state index contributed by atoms with van der Waals surface area (Å²) in [5.41, 5.74) is 0. The highest BCUT2D eigenvalue weighted by molar-refractivity contribution is 14.1. The molecule has 72 valence electrons. The molecule has 1 aromatic carbocycles. The number of halogens is 1. The van der Waals surface area contributed by atoms with Crippen LogP contribution >= 0.6 is 45.9 Å². The fourth-order valence-corrected chi connectivity index (χ4v) is 3.15. The Balaban J connectivity index is 1.95. The Hall–Kier alpha value is -0.140. The molecule has 0 saturated heterocycles. The second-order valence-electron chi connectivity index (χ2n) is 2.56. The van der Waals surface area contributed by atoms with E-state index in [0.29, 0.717) is 0 Å². The summed E-state index contributed by atoms with van der Waals surface area (Å²) in [7, 11) is 0. The predicted molar refractivity (Wildman–Crippen MR) is 68.6 cm³/mol. The van der Waals surface area contributed by atoms with E-state index in [-0.39, 0.29) is 0 Å². The summed E-state index contributed by atoms with van der Waals surface area (Å²) in [6.45, 7) is 0. The highest BCUT2D eigenvalue weighted by atomic mass is 127. The van der Waals surface area contributed by atoms with Crippen LogP contribution in [-0.4, -0.2) is 9.36 Å². The Morgan fingerprint density at radius 2 is 2.07 bits per heavy atom. The van der Waals surface area contributed by atoms with E-state index in [0.717, 1.165) is 14.6 Å². The van der Waals surface area contributed by atoms with Crippen LogP contribution in [0.5, 0.6) is 0 Å².